The number of phenols is 1. The molecule has 1 aliphatic rings. The van der Waals surface area contributed by atoms with Gasteiger partial charge < -0.3 is 20.6 Å². The number of nitrogens with two attached hydrogens (primary N) is 1. The summed E-state index contributed by atoms with van der Waals surface area (Å²) in [5, 5.41) is 10.3. The van der Waals surface area contributed by atoms with Gasteiger partial charge >= 0.3 is 0 Å². The Morgan fingerprint density at radius 2 is 1.52 bits per heavy atom. The fourth-order valence-corrected chi connectivity index (χ4v) is 4.44. The van der Waals surface area contributed by atoms with Crippen molar-refractivity contribution in [3.63, 3.8) is 0 Å². The summed E-state index contributed by atoms with van der Waals surface area (Å²) in [7, 11) is 4.32. The van der Waals surface area contributed by atoms with Crippen molar-refractivity contribution >= 4 is 22.5 Å². The molecule has 33 heavy (non-hydrogen) atoms. The van der Waals surface area contributed by atoms with Crippen LogP contribution in [0.4, 0.5) is 11.4 Å². The van der Waals surface area contributed by atoms with Crippen molar-refractivity contribution in [2.75, 3.05) is 37.8 Å². The van der Waals surface area contributed by atoms with Crippen molar-refractivity contribution in [2.45, 2.75) is 32.7 Å². The van der Waals surface area contributed by atoms with Crippen molar-refractivity contribution in [3.05, 3.63) is 89.0 Å². The summed E-state index contributed by atoms with van der Waals surface area (Å²) in [6, 6.07) is 23.3. The third-order valence-electron chi connectivity index (χ3n) is 6.83. The number of aryl methyl sites for hydroxylation is 1. The second kappa shape index (κ2) is 9.72. The largest absolute Gasteiger partial charge is 0.508 e. The van der Waals surface area contributed by atoms with Crippen LogP contribution in [-0.2, 0) is 6.42 Å². The number of phenolic OH excluding ortho intramolecular Hbond substituents is 1. The highest BCUT2D eigenvalue weighted by molar-refractivity contribution is 6.01. The normalized spacial score (nSPS) is 13.5. The summed E-state index contributed by atoms with van der Waals surface area (Å²) >= 11 is 0. The molecule has 3 aromatic carbocycles. The number of rotatable bonds is 7. The highest BCUT2D eigenvalue weighted by Gasteiger charge is 2.22. The van der Waals surface area contributed by atoms with E-state index in [9.17, 15) is 5.11 Å². The average molecular weight is 442 g/mol. The van der Waals surface area contributed by atoms with Gasteiger partial charge in [-0.3, -0.25) is 0 Å². The van der Waals surface area contributed by atoms with Crippen LogP contribution in [0.3, 0.4) is 0 Å². The molecule has 0 unspecified atom stereocenters. The van der Waals surface area contributed by atoms with E-state index in [0.717, 1.165) is 37.2 Å². The van der Waals surface area contributed by atoms with Gasteiger partial charge in [0.05, 0.1) is 0 Å². The van der Waals surface area contributed by atoms with Gasteiger partial charge in [0.15, 0.2) is 0 Å². The number of anilines is 2. The van der Waals surface area contributed by atoms with Gasteiger partial charge in [0.2, 0.25) is 0 Å². The molecule has 0 heterocycles. The van der Waals surface area contributed by atoms with Crippen LogP contribution in [0.2, 0.25) is 0 Å². The molecule has 3 N–H and O–H groups in total. The Balaban J connectivity index is 1.70. The second-order valence-electron chi connectivity index (χ2n) is 9.36. The zero-order valence-corrected chi connectivity index (χ0v) is 20.2. The SMILES string of the molecule is CC(C)N(C)CCN(C)c1ccc(C2=C(c3ccc(N)cc3)CCc3ccc(O)cc32)cc1. The maximum absolute atomic E-state index is 10.3. The molecule has 0 aliphatic heterocycles. The van der Waals surface area contributed by atoms with Gasteiger partial charge in [-0.25, -0.2) is 0 Å². The third-order valence-corrected chi connectivity index (χ3v) is 6.83. The molecule has 0 saturated heterocycles. The van der Waals surface area contributed by atoms with Gasteiger partial charge in [-0.15, -0.1) is 0 Å². The van der Waals surface area contributed by atoms with Crippen molar-refractivity contribution < 1.29 is 5.11 Å². The minimum Gasteiger partial charge on any atom is -0.508 e. The number of aromatic hydroxyl groups is 1. The summed E-state index contributed by atoms with van der Waals surface area (Å²) in [5.74, 6) is 0.301. The van der Waals surface area contributed by atoms with Crippen molar-refractivity contribution in [2.24, 2.45) is 0 Å². The average Bonchev–Trinajstić information content (AvgIpc) is 2.82. The van der Waals surface area contributed by atoms with E-state index in [2.05, 4.69) is 80.2 Å². The molecule has 4 heteroatoms. The number of hydrogen-bond donors (Lipinski definition) is 2. The van der Waals surface area contributed by atoms with E-state index in [-0.39, 0.29) is 0 Å². The molecule has 0 saturated carbocycles. The predicted molar refractivity (Wildman–Crippen MR) is 141 cm³/mol. The molecule has 4 rings (SSSR count). The van der Waals surface area contributed by atoms with Gasteiger partial charge in [0.25, 0.3) is 0 Å². The molecule has 4 nitrogen and oxygen atoms in total. The first-order valence-corrected chi connectivity index (χ1v) is 11.8. The van der Waals surface area contributed by atoms with Gasteiger partial charge in [-0.05, 0) is 104 Å². The Labute approximate surface area is 198 Å². The van der Waals surface area contributed by atoms with Crippen LogP contribution < -0.4 is 10.6 Å². The van der Waals surface area contributed by atoms with Gasteiger partial charge in [0.1, 0.15) is 5.75 Å². The van der Waals surface area contributed by atoms with Gasteiger partial charge in [-0.1, -0.05) is 30.3 Å². The molecule has 0 radical (unpaired) electrons. The summed E-state index contributed by atoms with van der Waals surface area (Å²) in [5.41, 5.74) is 15.2. The molecule has 172 valence electrons. The zero-order chi connectivity index (χ0) is 23.5. The quantitative estimate of drug-likeness (QED) is 0.465. The Hall–Kier alpha value is -3.24. The molecular formula is C29H35N3O. The Kier molecular flexibility index (Phi) is 6.75. The van der Waals surface area contributed by atoms with Crippen LogP contribution in [0.5, 0.6) is 5.75 Å². The number of nitrogens with zero attached hydrogens (tertiary/aromatic N) is 2. The van der Waals surface area contributed by atoms with E-state index in [1.54, 1.807) is 6.07 Å². The monoisotopic (exact) mass is 441 g/mol. The minimum absolute atomic E-state index is 0.301. The molecule has 0 bridgehead atoms. The molecule has 0 fully saturated rings. The van der Waals surface area contributed by atoms with Gasteiger partial charge in [-0.2, -0.15) is 0 Å². The van der Waals surface area contributed by atoms with Crippen LogP contribution in [0, 0.1) is 0 Å². The highest BCUT2D eigenvalue weighted by atomic mass is 16.3. The van der Waals surface area contributed by atoms with Crippen LogP contribution in [0.25, 0.3) is 11.1 Å². The Morgan fingerprint density at radius 1 is 0.848 bits per heavy atom. The number of likely N-dealkylation sites (N-methyl/N-ethyl adjacent to an activating group) is 2. The number of hydrogen-bond acceptors (Lipinski definition) is 4. The minimum atomic E-state index is 0.301. The lowest BCUT2D eigenvalue weighted by atomic mass is 9.79. The topological polar surface area (TPSA) is 52.7 Å². The van der Waals surface area contributed by atoms with E-state index in [1.807, 2.05) is 18.2 Å². The lowest BCUT2D eigenvalue weighted by Gasteiger charge is -2.27. The summed E-state index contributed by atoms with van der Waals surface area (Å²) < 4.78 is 0. The fourth-order valence-electron chi connectivity index (χ4n) is 4.44. The standard InChI is InChI=1S/C29H35N3O/c1-20(2)31(3)17-18-32(4)25-13-7-23(8-14-25)29-27(21-5-11-24(30)12-6-21)16-10-22-9-15-26(33)19-28(22)29/h5-9,11-15,19-20,33H,10,16-18,30H2,1-4H3. The van der Waals surface area contributed by atoms with Crippen LogP contribution in [0.1, 0.15) is 42.5 Å². The number of fused-ring (bicyclic) bond motifs is 1. The van der Waals surface area contributed by atoms with E-state index >= 15 is 0 Å². The molecule has 0 atom stereocenters. The third kappa shape index (κ3) is 5.07. The zero-order valence-electron chi connectivity index (χ0n) is 20.2. The van der Waals surface area contributed by atoms with Crippen LogP contribution >= 0.6 is 0 Å². The van der Waals surface area contributed by atoms with Crippen molar-refractivity contribution in [1.82, 2.24) is 4.90 Å². The Bertz CT molecular complexity index is 1130. The molecule has 0 spiro atoms. The summed E-state index contributed by atoms with van der Waals surface area (Å²) in [6.07, 6.45) is 1.92. The Morgan fingerprint density at radius 3 is 2.18 bits per heavy atom. The smallest absolute Gasteiger partial charge is 0.116 e. The van der Waals surface area contributed by atoms with E-state index in [4.69, 9.17) is 5.73 Å². The second-order valence-corrected chi connectivity index (χ2v) is 9.36. The van der Waals surface area contributed by atoms with E-state index in [0.29, 0.717) is 11.8 Å². The molecule has 1 aliphatic carbocycles. The molecule has 3 aromatic rings. The number of benzene rings is 3. The van der Waals surface area contributed by atoms with Crippen LogP contribution in [-0.4, -0.2) is 43.2 Å². The first-order valence-electron chi connectivity index (χ1n) is 11.8. The highest BCUT2D eigenvalue weighted by Crippen LogP contribution is 2.42. The lowest BCUT2D eigenvalue weighted by Crippen LogP contribution is -2.34. The van der Waals surface area contributed by atoms with Crippen LogP contribution in [0.15, 0.2) is 66.7 Å². The number of nitrogen functional groups attached to an aromatic ring is 1. The molecule has 0 aromatic heterocycles. The summed E-state index contributed by atoms with van der Waals surface area (Å²) in [6.45, 7) is 6.45. The maximum atomic E-state index is 10.3. The van der Waals surface area contributed by atoms with E-state index < -0.39 is 0 Å². The molecule has 0 amide bonds. The summed E-state index contributed by atoms with van der Waals surface area (Å²) in [4.78, 5) is 4.67. The van der Waals surface area contributed by atoms with Crippen molar-refractivity contribution in [3.8, 4) is 5.75 Å². The first kappa shape index (κ1) is 22.9. The maximum Gasteiger partial charge on any atom is 0.116 e. The number of allylic oxidation sites excluding steroid dienone is 1. The van der Waals surface area contributed by atoms with Gasteiger partial charge in [0, 0.05) is 37.6 Å². The van der Waals surface area contributed by atoms with Crippen molar-refractivity contribution in [1.29, 1.82) is 0 Å². The lowest BCUT2D eigenvalue weighted by molar-refractivity contribution is 0.280. The first-order chi connectivity index (χ1) is 15.8. The predicted octanol–water partition coefficient (Wildman–Crippen LogP) is 5.66. The van der Waals surface area contributed by atoms with E-state index in [1.165, 1.54) is 33.5 Å². The fraction of sp³-hybridized carbons (Fsp3) is 0.310. The molecular weight excluding hydrogens is 406 g/mol.